The van der Waals surface area contributed by atoms with Crippen LogP contribution < -0.4 is 4.74 Å². The average molecular weight is 309 g/mol. The fourth-order valence-electron chi connectivity index (χ4n) is 1.35. The van der Waals surface area contributed by atoms with Gasteiger partial charge in [0.15, 0.2) is 0 Å². The van der Waals surface area contributed by atoms with Crippen molar-refractivity contribution in [3.05, 3.63) is 27.7 Å². The van der Waals surface area contributed by atoms with Gasteiger partial charge < -0.3 is 9.47 Å². The fraction of sp³-hybridized carbons (Fsp3) is 0.364. The molecule has 0 saturated heterocycles. The van der Waals surface area contributed by atoms with Crippen molar-refractivity contribution in [1.82, 2.24) is 0 Å². The molecule has 0 unspecified atom stereocenters. The van der Waals surface area contributed by atoms with Gasteiger partial charge in [0, 0.05) is 5.56 Å². The van der Waals surface area contributed by atoms with E-state index in [1.165, 1.54) is 7.11 Å². The summed E-state index contributed by atoms with van der Waals surface area (Å²) in [7, 11) is 1.24. The van der Waals surface area contributed by atoms with E-state index in [-0.39, 0.29) is 12.2 Å². The Morgan fingerprint density at radius 2 is 2.12 bits per heavy atom. The summed E-state index contributed by atoms with van der Waals surface area (Å²) in [6.07, 6.45) is -0.107. The molecule has 6 heteroatoms. The summed E-state index contributed by atoms with van der Waals surface area (Å²) in [4.78, 5) is 11.2. The van der Waals surface area contributed by atoms with E-state index in [9.17, 15) is 13.6 Å². The zero-order valence-electron chi connectivity index (χ0n) is 9.30. The van der Waals surface area contributed by atoms with Crippen molar-refractivity contribution in [3.8, 4) is 5.75 Å². The Hall–Kier alpha value is -1.17. The highest BCUT2D eigenvalue weighted by Crippen LogP contribution is 2.33. The number of aryl methyl sites for hydroxylation is 1. The quantitative estimate of drug-likeness (QED) is 0.802. The molecule has 1 aromatic carbocycles. The number of halogens is 3. The van der Waals surface area contributed by atoms with Crippen LogP contribution in [0.15, 0.2) is 16.6 Å². The molecule has 1 rings (SSSR count). The lowest BCUT2D eigenvalue weighted by Gasteiger charge is -2.14. The molecule has 17 heavy (non-hydrogen) atoms. The van der Waals surface area contributed by atoms with Crippen molar-refractivity contribution >= 4 is 21.9 Å². The van der Waals surface area contributed by atoms with Crippen LogP contribution in [0.5, 0.6) is 5.75 Å². The SMILES string of the molecule is COC(=O)Cc1c(C)ccc(Br)c1OC(F)F. The number of hydrogen-bond acceptors (Lipinski definition) is 3. The number of ether oxygens (including phenoxy) is 2. The summed E-state index contributed by atoms with van der Waals surface area (Å²) in [6.45, 7) is -1.23. The number of rotatable bonds is 4. The van der Waals surface area contributed by atoms with Crippen molar-refractivity contribution in [2.24, 2.45) is 0 Å². The molecule has 0 aliphatic carbocycles. The third-order valence-electron chi connectivity index (χ3n) is 2.20. The second-order valence-electron chi connectivity index (χ2n) is 3.30. The topological polar surface area (TPSA) is 35.5 Å². The van der Waals surface area contributed by atoms with Crippen molar-refractivity contribution in [1.29, 1.82) is 0 Å². The van der Waals surface area contributed by atoms with Crippen molar-refractivity contribution < 1.29 is 23.0 Å². The summed E-state index contributed by atoms with van der Waals surface area (Å²) in [5.41, 5.74) is 1.08. The third kappa shape index (κ3) is 3.66. The van der Waals surface area contributed by atoms with Gasteiger partial charge in [0.1, 0.15) is 5.75 Å². The number of alkyl halides is 2. The third-order valence-corrected chi connectivity index (χ3v) is 2.83. The van der Waals surface area contributed by atoms with Gasteiger partial charge in [0.25, 0.3) is 0 Å². The van der Waals surface area contributed by atoms with E-state index in [1.54, 1.807) is 19.1 Å². The standard InChI is InChI=1S/C11H11BrF2O3/c1-6-3-4-8(12)10(17-11(13)14)7(6)5-9(15)16-2/h3-4,11H,5H2,1-2H3. The van der Waals surface area contributed by atoms with Gasteiger partial charge in [-0.2, -0.15) is 8.78 Å². The van der Waals surface area contributed by atoms with E-state index in [1.807, 2.05) is 0 Å². The zero-order chi connectivity index (χ0) is 13.0. The van der Waals surface area contributed by atoms with Gasteiger partial charge in [0.2, 0.25) is 0 Å². The summed E-state index contributed by atoms with van der Waals surface area (Å²) in [5.74, 6) is -0.532. The van der Waals surface area contributed by atoms with Crippen LogP contribution in [0.4, 0.5) is 8.78 Å². The van der Waals surface area contributed by atoms with Crippen LogP contribution in [0.1, 0.15) is 11.1 Å². The Labute approximate surface area is 106 Å². The molecule has 3 nitrogen and oxygen atoms in total. The molecular formula is C11H11BrF2O3. The number of esters is 1. The molecule has 0 spiro atoms. The van der Waals surface area contributed by atoms with Crippen LogP contribution in [0.3, 0.4) is 0 Å². The van der Waals surface area contributed by atoms with E-state index in [0.29, 0.717) is 15.6 Å². The maximum Gasteiger partial charge on any atom is 0.387 e. The summed E-state index contributed by atoms with van der Waals surface area (Å²) in [5, 5.41) is 0. The minimum absolute atomic E-state index is 0.0228. The highest BCUT2D eigenvalue weighted by molar-refractivity contribution is 9.10. The first-order chi connectivity index (χ1) is 7.95. The summed E-state index contributed by atoms with van der Waals surface area (Å²) in [6, 6.07) is 3.30. The first kappa shape index (κ1) is 13.9. The van der Waals surface area contributed by atoms with E-state index >= 15 is 0 Å². The molecule has 0 saturated carbocycles. The Kier molecular flexibility index (Phi) is 4.86. The van der Waals surface area contributed by atoms with E-state index < -0.39 is 12.6 Å². The second-order valence-corrected chi connectivity index (χ2v) is 4.16. The zero-order valence-corrected chi connectivity index (χ0v) is 10.9. The minimum Gasteiger partial charge on any atom is -0.469 e. The van der Waals surface area contributed by atoms with Gasteiger partial charge in [0.05, 0.1) is 18.0 Å². The van der Waals surface area contributed by atoms with Crippen molar-refractivity contribution in [2.75, 3.05) is 7.11 Å². The van der Waals surface area contributed by atoms with E-state index in [2.05, 4.69) is 25.4 Å². The molecule has 0 N–H and O–H groups in total. The smallest absolute Gasteiger partial charge is 0.387 e. The monoisotopic (exact) mass is 308 g/mol. The Morgan fingerprint density at radius 1 is 1.47 bits per heavy atom. The van der Waals surface area contributed by atoms with Crippen LogP contribution in [0.25, 0.3) is 0 Å². The van der Waals surface area contributed by atoms with Gasteiger partial charge in [-0.1, -0.05) is 6.07 Å². The van der Waals surface area contributed by atoms with E-state index in [4.69, 9.17) is 0 Å². The maximum absolute atomic E-state index is 12.3. The van der Waals surface area contributed by atoms with Crippen LogP contribution in [0, 0.1) is 6.92 Å². The minimum atomic E-state index is -2.94. The summed E-state index contributed by atoms with van der Waals surface area (Å²) < 4.78 is 33.8. The Morgan fingerprint density at radius 3 is 2.65 bits per heavy atom. The molecule has 1 aromatic rings. The van der Waals surface area contributed by atoms with Crippen LogP contribution >= 0.6 is 15.9 Å². The highest BCUT2D eigenvalue weighted by Gasteiger charge is 2.18. The molecule has 0 aliphatic rings. The fourth-order valence-corrected chi connectivity index (χ4v) is 1.82. The van der Waals surface area contributed by atoms with Crippen LogP contribution in [-0.4, -0.2) is 19.7 Å². The molecule has 94 valence electrons. The highest BCUT2D eigenvalue weighted by atomic mass is 79.9. The lowest BCUT2D eigenvalue weighted by atomic mass is 10.0. The molecule has 0 amide bonds. The number of carbonyl (C=O) groups excluding carboxylic acids is 1. The molecule has 0 aliphatic heterocycles. The number of methoxy groups -OCH3 is 1. The maximum atomic E-state index is 12.3. The Bertz CT molecular complexity index is 421. The predicted octanol–water partition coefficient (Wildman–Crippen LogP) is 3.07. The molecule has 0 heterocycles. The number of hydrogen-bond donors (Lipinski definition) is 0. The molecule has 0 radical (unpaired) electrons. The second kappa shape index (κ2) is 5.95. The van der Waals surface area contributed by atoms with Crippen LogP contribution in [0.2, 0.25) is 0 Å². The van der Waals surface area contributed by atoms with Crippen molar-refractivity contribution in [3.63, 3.8) is 0 Å². The lowest BCUT2D eigenvalue weighted by Crippen LogP contribution is -2.11. The molecule has 0 aromatic heterocycles. The predicted molar refractivity (Wildman–Crippen MR) is 61.2 cm³/mol. The first-order valence-electron chi connectivity index (χ1n) is 4.75. The number of benzene rings is 1. The number of carbonyl (C=O) groups is 1. The normalized spacial score (nSPS) is 10.5. The Balaban J connectivity index is 3.14. The van der Waals surface area contributed by atoms with Gasteiger partial charge >= 0.3 is 12.6 Å². The molecular weight excluding hydrogens is 298 g/mol. The largest absolute Gasteiger partial charge is 0.469 e. The summed E-state index contributed by atoms with van der Waals surface area (Å²) >= 11 is 3.11. The van der Waals surface area contributed by atoms with Crippen LogP contribution in [-0.2, 0) is 16.0 Å². The first-order valence-corrected chi connectivity index (χ1v) is 5.54. The van der Waals surface area contributed by atoms with Crippen molar-refractivity contribution in [2.45, 2.75) is 20.0 Å². The molecule has 0 atom stereocenters. The van der Waals surface area contributed by atoms with Gasteiger partial charge in [-0.05, 0) is 34.5 Å². The lowest BCUT2D eigenvalue weighted by molar-refractivity contribution is -0.139. The average Bonchev–Trinajstić information content (AvgIpc) is 2.27. The van der Waals surface area contributed by atoms with Gasteiger partial charge in [-0.25, -0.2) is 0 Å². The molecule has 0 fully saturated rings. The van der Waals surface area contributed by atoms with E-state index in [0.717, 1.165) is 0 Å². The van der Waals surface area contributed by atoms with Gasteiger partial charge in [-0.3, -0.25) is 4.79 Å². The molecule has 0 bridgehead atoms. The van der Waals surface area contributed by atoms with Gasteiger partial charge in [-0.15, -0.1) is 0 Å².